The van der Waals surface area contributed by atoms with E-state index in [1.54, 1.807) is 18.2 Å². The second kappa shape index (κ2) is 9.05. The quantitative estimate of drug-likeness (QED) is 0.508. The van der Waals surface area contributed by atoms with E-state index in [-0.39, 0.29) is 23.7 Å². The van der Waals surface area contributed by atoms with Gasteiger partial charge in [0, 0.05) is 6.54 Å². The molecule has 2 aromatic rings. The number of nitrogens with one attached hydrogen (secondary N) is 1. The first-order chi connectivity index (χ1) is 16.4. The maximum absolute atomic E-state index is 14.2. The van der Waals surface area contributed by atoms with Crippen LogP contribution < -0.4 is 15.2 Å². The average molecular weight is 461 g/mol. The normalized spacial score (nSPS) is 24.9. The first-order valence-electron chi connectivity index (χ1n) is 12.2. The summed E-state index contributed by atoms with van der Waals surface area (Å²) in [5.41, 5.74) is 10.5. The van der Waals surface area contributed by atoms with Crippen molar-refractivity contribution >= 4 is 5.69 Å². The van der Waals surface area contributed by atoms with E-state index < -0.39 is 11.9 Å². The number of anilines is 1. The van der Waals surface area contributed by atoms with E-state index in [1.807, 2.05) is 0 Å². The summed E-state index contributed by atoms with van der Waals surface area (Å²) in [6.07, 6.45) is 7.16. The number of ether oxygens (including phenoxy) is 1. The molecule has 1 fully saturated rings. The summed E-state index contributed by atoms with van der Waals surface area (Å²) in [4.78, 5) is 0. The van der Waals surface area contributed by atoms with Gasteiger partial charge in [-0.05, 0) is 85.4 Å². The summed E-state index contributed by atoms with van der Waals surface area (Å²) < 4.78 is 19.7. The molecule has 3 atom stereocenters. The minimum atomic E-state index is -0.690. The number of fused-ring (bicyclic) bond motifs is 1. The average Bonchev–Trinajstić information content (AvgIpc) is 3.23. The van der Waals surface area contributed by atoms with Gasteiger partial charge in [0.1, 0.15) is 6.61 Å². The van der Waals surface area contributed by atoms with Crippen molar-refractivity contribution in [2.45, 2.75) is 45.6 Å². The van der Waals surface area contributed by atoms with Gasteiger partial charge in [-0.2, -0.15) is 0 Å². The number of aryl methyl sites for hydroxylation is 1. The van der Waals surface area contributed by atoms with Crippen LogP contribution in [-0.4, -0.2) is 18.3 Å². The molecule has 4 nitrogen and oxygen atoms in total. The van der Waals surface area contributed by atoms with E-state index in [9.17, 15) is 9.50 Å². The van der Waals surface area contributed by atoms with Crippen molar-refractivity contribution in [1.29, 1.82) is 0 Å². The molecule has 2 aromatic carbocycles. The molecule has 1 saturated carbocycles. The lowest BCUT2D eigenvalue weighted by Gasteiger charge is -2.48. The molecule has 1 aliphatic heterocycles. The van der Waals surface area contributed by atoms with Crippen molar-refractivity contribution in [2.75, 3.05) is 18.2 Å². The smallest absolute Gasteiger partial charge is 0.165 e. The molecule has 5 rings (SSSR count). The van der Waals surface area contributed by atoms with Crippen molar-refractivity contribution < 1.29 is 14.2 Å². The Bertz CT molecular complexity index is 1150. The Hall–Kier alpha value is -2.89. The summed E-state index contributed by atoms with van der Waals surface area (Å²) in [6.45, 7) is 9.06. The van der Waals surface area contributed by atoms with Gasteiger partial charge in [0.05, 0.1) is 17.5 Å². The summed E-state index contributed by atoms with van der Waals surface area (Å²) in [7, 11) is 0. The first kappa shape index (κ1) is 22.9. The number of hydrogen-bond acceptors (Lipinski definition) is 4. The van der Waals surface area contributed by atoms with Crippen LogP contribution in [0.25, 0.3) is 0 Å². The number of hydrogen-bond donors (Lipinski definition) is 2. The number of aliphatic hydroxyl groups excluding tert-OH is 1. The van der Waals surface area contributed by atoms with Gasteiger partial charge in [-0.25, -0.2) is 9.82 Å². The molecule has 0 saturated heterocycles. The van der Waals surface area contributed by atoms with E-state index in [0.29, 0.717) is 5.56 Å². The molecular weight excluding hydrogens is 427 g/mol. The fourth-order valence-electron chi connectivity index (χ4n) is 5.90. The summed E-state index contributed by atoms with van der Waals surface area (Å²) in [5, 5.41) is 13.7. The molecule has 2 aliphatic carbocycles. The van der Waals surface area contributed by atoms with Crippen LogP contribution in [-0.2, 0) is 0 Å². The van der Waals surface area contributed by atoms with Crippen LogP contribution in [0.4, 0.5) is 10.1 Å². The van der Waals surface area contributed by atoms with E-state index in [4.69, 9.17) is 4.74 Å². The molecular formula is C29H33FN2O2. The van der Waals surface area contributed by atoms with Crippen molar-refractivity contribution in [2.24, 2.45) is 11.3 Å². The summed E-state index contributed by atoms with van der Waals surface area (Å²) >= 11 is 0. The number of allylic oxidation sites excluding steroid dienone is 2. The number of aliphatic hydroxyl groups is 1. The van der Waals surface area contributed by atoms with Gasteiger partial charge in [0.25, 0.3) is 0 Å². The van der Waals surface area contributed by atoms with Crippen molar-refractivity contribution in [3.8, 4) is 5.75 Å². The SMILES string of the molecule is C=CCOc1cc([C@H](O)[C@H]2CCCC3=CC4=C(CNN4c4ccc(C)cc4)C[C@@]32C)ccc1F. The molecule has 3 aliphatic rings. The predicted molar refractivity (Wildman–Crippen MR) is 134 cm³/mol. The number of halogens is 1. The maximum Gasteiger partial charge on any atom is 0.165 e. The number of nitrogens with zero attached hydrogens (tertiary/aromatic N) is 1. The molecule has 34 heavy (non-hydrogen) atoms. The van der Waals surface area contributed by atoms with Crippen molar-refractivity contribution in [3.63, 3.8) is 0 Å². The Morgan fingerprint density at radius 2 is 2.09 bits per heavy atom. The standard InChI is InChI=1S/C29H33FN2O2/c1-4-14-34-27-15-20(10-13-25(27)30)28(33)24-7-5-6-22-16-26-21(17-29(22,24)3)18-31-32(26)23-11-8-19(2)9-12-23/h4,8-13,15-16,24,28,31,33H,1,5-7,14,17-18H2,2-3H3/t24-,28+,29+/m1/s1. The van der Waals surface area contributed by atoms with Gasteiger partial charge < -0.3 is 9.84 Å². The third-order valence-corrected chi connectivity index (χ3v) is 7.79. The van der Waals surface area contributed by atoms with Gasteiger partial charge >= 0.3 is 0 Å². The third-order valence-electron chi connectivity index (χ3n) is 7.79. The van der Waals surface area contributed by atoms with Crippen LogP contribution in [0.3, 0.4) is 0 Å². The molecule has 1 heterocycles. The van der Waals surface area contributed by atoms with E-state index in [0.717, 1.165) is 37.9 Å². The Morgan fingerprint density at radius 3 is 2.85 bits per heavy atom. The zero-order valence-corrected chi connectivity index (χ0v) is 20.0. The number of benzene rings is 2. The lowest BCUT2D eigenvalue weighted by molar-refractivity contribution is 0.0207. The molecule has 0 amide bonds. The second-order valence-corrected chi connectivity index (χ2v) is 9.99. The van der Waals surface area contributed by atoms with Crippen LogP contribution >= 0.6 is 0 Å². The Balaban J connectivity index is 1.43. The van der Waals surface area contributed by atoms with Crippen molar-refractivity contribution in [3.05, 3.63) is 95.0 Å². The van der Waals surface area contributed by atoms with E-state index in [1.165, 1.54) is 28.5 Å². The minimum Gasteiger partial charge on any atom is -0.486 e. The van der Waals surface area contributed by atoms with E-state index in [2.05, 4.69) is 61.2 Å². The zero-order chi connectivity index (χ0) is 23.9. The number of rotatable bonds is 6. The topological polar surface area (TPSA) is 44.7 Å². The van der Waals surface area contributed by atoms with Crippen LogP contribution in [0.2, 0.25) is 0 Å². The highest BCUT2D eigenvalue weighted by Gasteiger charge is 2.47. The lowest BCUT2D eigenvalue weighted by Crippen LogP contribution is -2.39. The largest absolute Gasteiger partial charge is 0.486 e. The fraction of sp³-hybridized carbons (Fsp3) is 0.379. The highest BCUT2D eigenvalue weighted by molar-refractivity contribution is 5.60. The van der Waals surface area contributed by atoms with Crippen LogP contribution in [0.15, 0.2) is 78.0 Å². The molecule has 0 unspecified atom stereocenters. The first-order valence-corrected chi connectivity index (χ1v) is 12.2. The molecule has 0 aromatic heterocycles. The van der Waals surface area contributed by atoms with Crippen LogP contribution in [0.5, 0.6) is 5.75 Å². The Morgan fingerprint density at radius 1 is 1.29 bits per heavy atom. The molecule has 0 spiro atoms. The maximum atomic E-state index is 14.2. The van der Waals surface area contributed by atoms with E-state index >= 15 is 0 Å². The van der Waals surface area contributed by atoms with Gasteiger partial charge in [0.2, 0.25) is 0 Å². The van der Waals surface area contributed by atoms with Gasteiger partial charge in [-0.1, -0.05) is 48.9 Å². The van der Waals surface area contributed by atoms with Crippen LogP contribution in [0, 0.1) is 24.1 Å². The number of hydrazine groups is 1. The van der Waals surface area contributed by atoms with Crippen LogP contribution in [0.1, 0.15) is 49.8 Å². The highest BCUT2D eigenvalue weighted by Crippen LogP contribution is 2.56. The highest BCUT2D eigenvalue weighted by atomic mass is 19.1. The summed E-state index contributed by atoms with van der Waals surface area (Å²) in [5.74, 6) is -0.211. The molecule has 0 radical (unpaired) electrons. The molecule has 5 heteroatoms. The monoisotopic (exact) mass is 460 g/mol. The Kier molecular flexibility index (Phi) is 6.09. The predicted octanol–water partition coefficient (Wildman–Crippen LogP) is 6.15. The van der Waals surface area contributed by atoms with Gasteiger partial charge in [0.15, 0.2) is 11.6 Å². The second-order valence-electron chi connectivity index (χ2n) is 9.99. The Labute approximate surface area is 201 Å². The molecule has 178 valence electrons. The van der Waals surface area contributed by atoms with Crippen molar-refractivity contribution in [1.82, 2.24) is 5.43 Å². The third kappa shape index (κ3) is 3.97. The molecule has 2 N–H and O–H groups in total. The molecule has 0 bridgehead atoms. The van der Waals surface area contributed by atoms with Gasteiger partial charge in [-0.3, -0.25) is 5.01 Å². The lowest BCUT2D eigenvalue weighted by atomic mass is 9.57. The fourth-order valence-corrected chi connectivity index (χ4v) is 5.90. The summed E-state index contributed by atoms with van der Waals surface area (Å²) in [6, 6.07) is 13.3. The zero-order valence-electron chi connectivity index (χ0n) is 20.0. The van der Waals surface area contributed by atoms with Gasteiger partial charge in [-0.15, -0.1) is 0 Å². The minimum absolute atomic E-state index is 0.0488.